The minimum atomic E-state index is -4.72. The molecular formula is C73H129N2O7P. The van der Waals surface area contributed by atoms with Crippen molar-refractivity contribution in [3.05, 3.63) is 109 Å². The van der Waals surface area contributed by atoms with E-state index >= 15 is 0 Å². The molecule has 0 heterocycles. The molecule has 0 aromatic carbocycles. The Morgan fingerprint density at radius 1 is 0.434 bits per heavy atom. The van der Waals surface area contributed by atoms with Gasteiger partial charge in [0.1, 0.15) is 19.3 Å². The highest BCUT2D eigenvalue weighted by Crippen LogP contribution is 2.38. The Balaban J connectivity index is 5.08. The number of esters is 1. The molecule has 0 aromatic rings. The van der Waals surface area contributed by atoms with E-state index in [-0.39, 0.29) is 31.3 Å². The van der Waals surface area contributed by atoms with Crippen LogP contribution in [0.15, 0.2) is 109 Å². The Morgan fingerprint density at radius 3 is 1.19 bits per heavy atom. The van der Waals surface area contributed by atoms with Crippen LogP contribution in [0.2, 0.25) is 0 Å². The maximum absolute atomic E-state index is 13.5. The number of unbranched alkanes of at least 4 members (excludes halogenated alkanes) is 29. The van der Waals surface area contributed by atoms with E-state index in [1.54, 1.807) is 0 Å². The van der Waals surface area contributed by atoms with E-state index in [4.69, 9.17) is 13.8 Å². The lowest BCUT2D eigenvalue weighted by Crippen LogP contribution is -2.47. The number of ether oxygens (including phenoxy) is 1. The quantitative estimate of drug-likeness (QED) is 0.0212. The van der Waals surface area contributed by atoms with Crippen molar-refractivity contribution in [2.45, 2.75) is 303 Å². The van der Waals surface area contributed by atoms with Crippen LogP contribution in [0.25, 0.3) is 0 Å². The minimum Gasteiger partial charge on any atom is -0.756 e. The van der Waals surface area contributed by atoms with Crippen molar-refractivity contribution in [1.29, 1.82) is 0 Å². The summed E-state index contributed by atoms with van der Waals surface area (Å²) in [6, 6.07) is -0.912. The van der Waals surface area contributed by atoms with E-state index in [1.807, 2.05) is 33.3 Å². The molecule has 0 aliphatic carbocycles. The maximum Gasteiger partial charge on any atom is 0.306 e. The van der Waals surface area contributed by atoms with Crippen molar-refractivity contribution in [2.75, 3.05) is 40.9 Å². The molecule has 83 heavy (non-hydrogen) atoms. The Hall–Kier alpha value is -3.33. The van der Waals surface area contributed by atoms with Gasteiger partial charge in [0, 0.05) is 12.8 Å². The predicted octanol–water partition coefficient (Wildman–Crippen LogP) is 21.0. The lowest BCUT2D eigenvalue weighted by atomic mass is 10.0. The summed E-state index contributed by atoms with van der Waals surface area (Å²) in [7, 11) is 1.15. The molecule has 1 amide bonds. The van der Waals surface area contributed by atoms with E-state index in [1.165, 1.54) is 148 Å². The normalized spacial score (nSPS) is 14.3. The number of carbonyl (C=O) groups excluding carboxylic acids is 2. The summed E-state index contributed by atoms with van der Waals surface area (Å²) in [5, 5.41) is 3.01. The van der Waals surface area contributed by atoms with Crippen molar-refractivity contribution in [3.8, 4) is 0 Å². The van der Waals surface area contributed by atoms with Crippen molar-refractivity contribution < 1.29 is 37.3 Å². The summed E-state index contributed by atoms with van der Waals surface area (Å²) in [4.78, 5) is 40.1. The third kappa shape index (κ3) is 63.0. The molecule has 10 heteroatoms. The smallest absolute Gasteiger partial charge is 0.306 e. The summed E-state index contributed by atoms with van der Waals surface area (Å²) < 4.78 is 30.4. The number of hydrogen-bond acceptors (Lipinski definition) is 7. The van der Waals surface area contributed by atoms with E-state index in [0.717, 1.165) is 103 Å². The van der Waals surface area contributed by atoms with Crippen molar-refractivity contribution in [1.82, 2.24) is 5.32 Å². The van der Waals surface area contributed by atoms with Crippen molar-refractivity contribution in [2.24, 2.45) is 0 Å². The molecule has 0 aliphatic rings. The van der Waals surface area contributed by atoms with Crippen LogP contribution in [-0.2, 0) is 27.9 Å². The fraction of sp³-hybridized carbons (Fsp3) is 0.726. The first-order valence-electron chi connectivity index (χ1n) is 34.2. The van der Waals surface area contributed by atoms with Crippen LogP contribution in [-0.4, -0.2) is 69.4 Å². The van der Waals surface area contributed by atoms with Gasteiger partial charge in [0.15, 0.2) is 0 Å². The van der Waals surface area contributed by atoms with Gasteiger partial charge in [-0.15, -0.1) is 0 Å². The molecule has 3 unspecified atom stereocenters. The zero-order valence-electron chi connectivity index (χ0n) is 54.6. The van der Waals surface area contributed by atoms with E-state index < -0.39 is 26.6 Å². The zero-order valence-corrected chi connectivity index (χ0v) is 55.5. The molecular weight excluding hydrogens is 1050 g/mol. The minimum absolute atomic E-state index is 0.0336. The molecule has 0 spiro atoms. The highest BCUT2D eigenvalue weighted by atomic mass is 31.2. The highest BCUT2D eigenvalue weighted by molar-refractivity contribution is 7.45. The Kier molecular flexibility index (Phi) is 59.3. The number of hydrogen-bond donors (Lipinski definition) is 1. The van der Waals surface area contributed by atoms with Gasteiger partial charge in [-0.1, -0.05) is 272 Å². The van der Waals surface area contributed by atoms with Crippen molar-refractivity contribution in [3.63, 3.8) is 0 Å². The van der Waals surface area contributed by atoms with Gasteiger partial charge in [-0.3, -0.25) is 14.2 Å². The molecule has 0 fully saturated rings. The van der Waals surface area contributed by atoms with Gasteiger partial charge in [-0.25, -0.2) is 0 Å². The number of amides is 1. The third-order valence-corrected chi connectivity index (χ3v) is 15.7. The summed E-state index contributed by atoms with van der Waals surface area (Å²) >= 11 is 0. The lowest BCUT2D eigenvalue weighted by molar-refractivity contribution is -0.870. The summed E-state index contributed by atoms with van der Waals surface area (Å²) in [6.45, 7) is 6.68. The molecule has 0 bridgehead atoms. The standard InChI is InChI=1S/C73H129N2O7P/c1-7-10-13-16-19-22-25-27-29-31-33-34-35-36-37-38-39-40-42-44-46-48-51-54-57-60-63-66-73(77)82-71(64-61-58-55-52-49-24-21-18-15-12-9-3)70(69-81-83(78,79)80-68-67-75(4,5)6)74-72(76)65-62-59-56-53-50-47-45-43-41-32-30-28-26-23-20-17-14-11-8-2/h11,14,19-20,22-23,27-30,33-34,41,43,47,50,61,64,70-71H,7-10,12-13,15-18,21,24-26,31-32,35-40,42,44-46,48-49,51-60,62-63,65-69H2,1-6H3,(H-,74,76,78,79)/b14-11-,22-19-,23-20-,29-27-,30-28-,34-33-,43-41-,50-47-,64-61-. The van der Waals surface area contributed by atoms with Gasteiger partial charge in [-0.05, 0) is 115 Å². The number of phosphoric acid groups is 1. The summed E-state index contributed by atoms with van der Waals surface area (Å²) in [5.41, 5.74) is 0. The Labute approximate surface area is 512 Å². The van der Waals surface area contributed by atoms with Gasteiger partial charge in [0.05, 0.1) is 33.8 Å². The van der Waals surface area contributed by atoms with Gasteiger partial charge in [0.25, 0.3) is 7.82 Å². The fourth-order valence-electron chi connectivity index (χ4n) is 9.44. The molecule has 3 atom stereocenters. The number of likely N-dealkylation sites (N-methyl/N-ethyl adjacent to an activating group) is 1. The average Bonchev–Trinajstić information content (AvgIpc) is 3.52. The molecule has 0 radical (unpaired) electrons. The topological polar surface area (TPSA) is 114 Å². The third-order valence-electron chi connectivity index (χ3n) is 14.7. The molecule has 0 saturated heterocycles. The number of carbonyl (C=O) groups is 2. The maximum atomic E-state index is 13.5. The van der Waals surface area contributed by atoms with Gasteiger partial charge < -0.3 is 28.5 Å². The Bertz CT molecular complexity index is 1790. The van der Waals surface area contributed by atoms with Crippen LogP contribution in [0.4, 0.5) is 0 Å². The molecule has 1 N–H and O–H groups in total. The number of nitrogens with zero attached hydrogens (tertiary/aromatic N) is 1. The average molecular weight is 1180 g/mol. The molecule has 0 aliphatic heterocycles. The first-order valence-corrected chi connectivity index (χ1v) is 35.7. The van der Waals surface area contributed by atoms with Crippen LogP contribution in [0.5, 0.6) is 0 Å². The molecule has 0 saturated carbocycles. The second-order valence-electron chi connectivity index (χ2n) is 23.9. The molecule has 9 nitrogen and oxygen atoms in total. The van der Waals surface area contributed by atoms with Crippen molar-refractivity contribution >= 4 is 19.7 Å². The largest absolute Gasteiger partial charge is 0.756 e. The number of nitrogens with one attached hydrogen (secondary N) is 1. The molecule has 0 rings (SSSR count). The van der Waals surface area contributed by atoms with Crippen LogP contribution in [0, 0.1) is 0 Å². The second kappa shape index (κ2) is 61.7. The SMILES string of the molecule is CC/C=C\C/C=C\C/C=C\C/C=C\C/C=C\CCCCCC(=O)NC(COP(=O)([O-])OCC[N+](C)(C)C)C(/C=C\CCCCCCCCCCC)OC(=O)CCCCCCCCCCCCCCCC/C=C\C/C=C\C/C=C\CCCCC. The predicted molar refractivity (Wildman–Crippen MR) is 357 cm³/mol. The lowest BCUT2D eigenvalue weighted by Gasteiger charge is -2.30. The fourth-order valence-corrected chi connectivity index (χ4v) is 10.2. The monoisotopic (exact) mass is 1180 g/mol. The first kappa shape index (κ1) is 79.7. The van der Waals surface area contributed by atoms with Gasteiger partial charge in [0.2, 0.25) is 5.91 Å². The number of phosphoric ester groups is 1. The van der Waals surface area contributed by atoms with Crippen LogP contribution in [0.1, 0.15) is 290 Å². The number of quaternary nitrogens is 1. The van der Waals surface area contributed by atoms with E-state index in [9.17, 15) is 19.0 Å². The highest BCUT2D eigenvalue weighted by Gasteiger charge is 2.27. The summed E-state index contributed by atoms with van der Waals surface area (Å²) in [6.07, 6.45) is 85.0. The van der Waals surface area contributed by atoms with Crippen LogP contribution >= 0.6 is 7.82 Å². The zero-order chi connectivity index (χ0) is 60.7. The number of rotatable bonds is 61. The van der Waals surface area contributed by atoms with Gasteiger partial charge in [-0.2, -0.15) is 0 Å². The second-order valence-corrected chi connectivity index (χ2v) is 25.4. The molecule has 478 valence electrons. The van der Waals surface area contributed by atoms with Gasteiger partial charge >= 0.3 is 5.97 Å². The first-order chi connectivity index (χ1) is 40.4. The number of allylic oxidation sites excluding steroid dienone is 17. The van der Waals surface area contributed by atoms with Crippen LogP contribution < -0.4 is 10.2 Å². The van der Waals surface area contributed by atoms with E-state index in [0.29, 0.717) is 17.4 Å². The Morgan fingerprint density at radius 2 is 0.771 bits per heavy atom. The molecule has 0 aromatic heterocycles. The van der Waals surface area contributed by atoms with Crippen LogP contribution in [0.3, 0.4) is 0 Å². The summed E-state index contributed by atoms with van der Waals surface area (Å²) in [5.74, 6) is -0.580. The van der Waals surface area contributed by atoms with E-state index in [2.05, 4.69) is 123 Å².